The van der Waals surface area contributed by atoms with E-state index in [1.54, 1.807) is 18.5 Å². The number of nitrogens with zero attached hydrogens (tertiary/aromatic N) is 3. The Bertz CT molecular complexity index is 1080. The Balaban J connectivity index is 2.08. The molecular weight excluding hydrogens is 389 g/mol. The van der Waals surface area contributed by atoms with Gasteiger partial charge in [-0.3, -0.25) is 9.89 Å². The number of aromatic nitrogens is 3. The third-order valence-electron chi connectivity index (χ3n) is 4.65. The van der Waals surface area contributed by atoms with Crippen LogP contribution in [0.3, 0.4) is 0 Å². The molecule has 0 bridgehead atoms. The number of nitriles is 1. The highest BCUT2D eigenvalue weighted by molar-refractivity contribution is 6.45. The molecule has 2 N–H and O–H groups in total. The van der Waals surface area contributed by atoms with E-state index >= 15 is 0 Å². The highest BCUT2D eigenvalue weighted by atomic mass is 35.5. The van der Waals surface area contributed by atoms with Gasteiger partial charge in [0.15, 0.2) is 6.61 Å². The third kappa shape index (κ3) is 2.82. The largest absolute Gasteiger partial charge is 0.478 e. The fraction of sp³-hybridized carbons (Fsp3) is 0.278. The smallest absolute Gasteiger partial charge is 0.217 e. The third-order valence-corrected chi connectivity index (χ3v) is 5.43. The topological polar surface area (TPSA) is 95.7 Å². The van der Waals surface area contributed by atoms with Gasteiger partial charge < -0.3 is 14.6 Å². The number of halogens is 2. The normalized spacial score (nSPS) is 15.6. The second-order valence-electron chi connectivity index (χ2n) is 6.28. The highest BCUT2D eigenvalue weighted by Gasteiger charge is 2.34. The zero-order valence-corrected chi connectivity index (χ0v) is 15.9. The van der Waals surface area contributed by atoms with Crippen molar-refractivity contribution in [3.8, 4) is 22.9 Å². The minimum atomic E-state index is -0.168. The Morgan fingerprint density at radius 3 is 3.04 bits per heavy atom. The summed E-state index contributed by atoms with van der Waals surface area (Å²) in [5, 5.41) is 20.3. The molecular formula is C18H15Cl2N5O2. The molecule has 9 heteroatoms. The van der Waals surface area contributed by atoms with E-state index in [1.807, 2.05) is 6.07 Å². The second-order valence-corrected chi connectivity index (χ2v) is 7.07. The average Bonchev–Trinajstić information content (AvgIpc) is 3.33. The average molecular weight is 404 g/mol. The van der Waals surface area contributed by atoms with Gasteiger partial charge in [-0.05, 0) is 6.42 Å². The number of hydrogen-bond acceptors (Lipinski definition) is 4. The summed E-state index contributed by atoms with van der Waals surface area (Å²) in [5.41, 5.74) is 3.36. The van der Waals surface area contributed by atoms with Gasteiger partial charge in [-0.2, -0.15) is 10.4 Å². The maximum absolute atomic E-state index is 11.7. The van der Waals surface area contributed by atoms with E-state index < -0.39 is 0 Å². The van der Waals surface area contributed by atoms with Crippen molar-refractivity contribution in [1.82, 2.24) is 20.1 Å². The van der Waals surface area contributed by atoms with Gasteiger partial charge in [0, 0.05) is 42.6 Å². The lowest BCUT2D eigenvalue weighted by Gasteiger charge is -2.13. The summed E-state index contributed by atoms with van der Waals surface area (Å²) in [7, 11) is 0. The van der Waals surface area contributed by atoms with Crippen LogP contribution >= 0.6 is 23.2 Å². The highest BCUT2D eigenvalue weighted by Crippen LogP contribution is 2.49. The van der Waals surface area contributed by atoms with Crippen molar-refractivity contribution in [2.24, 2.45) is 0 Å². The van der Waals surface area contributed by atoms with Crippen LogP contribution in [0, 0.1) is 11.3 Å². The van der Waals surface area contributed by atoms with Gasteiger partial charge in [0.05, 0.1) is 33.2 Å². The van der Waals surface area contributed by atoms with E-state index in [0.29, 0.717) is 22.3 Å². The van der Waals surface area contributed by atoms with Crippen molar-refractivity contribution in [2.75, 3.05) is 6.61 Å². The van der Waals surface area contributed by atoms with Crippen molar-refractivity contribution < 1.29 is 9.53 Å². The molecule has 0 aliphatic carbocycles. The Kier molecular flexibility index (Phi) is 4.46. The molecule has 0 unspecified atom stereocenters. The zero-order chi connectivity index (χ0) is 19.1. The van der Waals surface area contributed by atoms with Gasteiger partial charge in [0.1, 0.15) is 11.8 Å². The molecule has 138 valence electrons. The van der Waals surface area contributed by atoms with E-state index in [1.165, 1.54) is 6.92 Å². The lowest BCUT2D eigenvalue weighted by Crippen LogP contribution is -2.24. The molecule has 1 aliphatic heterocycles. The first-order valence-corrected chi connectivity index (χ1v) is 9.08. The first-order valence-electron chi connectivity index (χ1n) is 8.33. The van der Waals surface area contributed by atoms with Crippen LogP contribution in [0.1, 0.15) is 25.1 Å². The standard InChI is InChI=1S/C18H15Cl2N5O2/c1-9(26)24-12-2-4-25-17(12)14(10-7-22-23-8-10)15-13(27-5-3-21)6-11(19)16(20)18(15)25/h6-8,12H,2,4-5H2,1H3,(H,22,23)(H,24,26)/t12-/m0/s1. The van der Waals surface area contributed by atoms with Crippen LogP contribution in [-0.2, 0) is 11.3 Å². The van der Waals surface area contributed by atoms with Crippen molar-refractivity contribution in [2.45, 2.75) is 25.9 Å². The van der Waals surface area contributed by atoms with E-state index in [4.69, 9.17) is 33.2 Å². The maximum Gasteiger partial charge on any atom is 0.217 e. The van der Waals surface area contributed by atoms with Crippen molar-refractivity contribution in [3.05, 3.63) is 34.2 Å². The molecule has 0 fully saturated rings. The number of carbonyl (C=O) groups is 1. The maximum atomic E-state index is 11.7. The monoisotopic (exact) mass is 403 g/mol. The lowest BCUT2D eigenvalue weighted by molar-refractivity contribution is -0.119. The predicted octanol–water partition coefficient (Wildman–Crippen LogP) is 3.82. The number of benzene rings is 1. The molecule has 3 aromatic rings. The summed E-state index contributed by atoms with van der Waals surface area (Å²) in [6, 6.07) is 3.43. The summed E-state index contributed by atoms with van der Waals surface area (Å²) >= 11 is 12.9. The zero-order valence-electron chi connectivity index (χ0n) is 14.3. The van der Waals surface area contributed by atoms with Gasteiger partial charge in [0.25, 0.3) is 0 Å². The van der Waals surface area contributed by atoms with Gasteiger partial charge in [-0.1, -0.05) is 23.2 Å². The van der Waals surface area contributed by atoms with Crippen LogP contribution in [-0.4, -0.2) is 27.3 Å². The van der Waals surface area contributed by atoms with Crippen LogP contribution in [0.4, 0.5) is 0 Å². The van der Waals surface area contributed by atoms with Crippen LogP contribution < -0.4 is 10.1 Å². The number of ether oxygens (including phenoxy) is 1. The summed E-state index contributed by atoms with van der Waals surface area (Å²) in [6.45, 7) is 2.05. The number of aryl methyl sites for hydroxylation is 1. The number of carbonyl (C=O) groups excluding carboxylic acids is 1. The Labute approximate surface area is 164 Å². The Hall–Kier alpha value is -2.69. The minimum absolute atomic E-state index is 0.109. The van der Waals surface area contributed by atoms with E-state index in [9.17, 15) is 4.79 Å². The van der Waals surface area contributed by atoms with Crippen LogP contribution in [0.25, 0.3) is 22.0 Å². The molecule has 0 radical (unpaired) electrons. The van der Waals surface area contributed by atoms with Gasteiger partial charge >= 0.3 is 0 Å². The molecule has 2 aromatic heterocycles. The van der Waals surface area contributed by atoms with Crippen molar-refractivity contribution in [3.63, 3.8) is 0 Å². The number of fused-ring (bicyclic) bond motifs is 3. The first kappa shape index (κ1) is 17.7. The van der Waals surface area contributed by atoms with E-state index in [2.05, 4.69) is 20.1 Å². The molecule has 0 saturated heterocycles. The van der Waals surface area contributed by atoms with E-state index in [-0.39, 0.29) is 18.6 Å². The summed E-state index contributed by atoms with van der Waals surface area (Å²) in [6.07, 6.45) is 4.22. The van der Waals surface area contributed by atoms with Crippen LogP contribution in [0.2, 0.25) is 10.0 Å². The number of aromatic amines is 1. The molecule has 3 heterocycles. The number of nitrogens with one attached hydrogen (secondary N) is 2. The molecule has 1 aromatic carbocycles. The van der Waals surface area contributed by atoms with Crippen LogP contribution in [0.15, 0.2) is 18.5 Å². The first-order chi connectivity index (χ1) is 13.0. The molecule has 1 atom stereocenters. The van der Waals surface area contributed by atoms with Crippen molar-refractivity contribution in [1.29, 1.82) is 5.26 Å². The van der Waals surface area contributed by atoms with E-state index in [0.717, 1.165) is 34.1 Å². The molecule has 27 heavy (non-hydrogen) atoms. The van der Waals surface area contributed by atoms with Crippen LogP contribution in [0.5, 0.6) is 5.75 Å². The molecule has 7 nitrogen and oxygen atoms in total. The number of rotatable bonds is 4. The molecule has 1 amide bonds. The Morgan fingerprint density at radius 1 is 1.56 bits per heavy atom. The summed E-state index contributed by atoms with van der Waals surface area (Å²) < 4.78 is 7.72. The fourth-order valence-corrected chi connectivity index (χ4v) is 4.19. The van der Waals surface area contributed by atoms with Crippen molar-refractivity contribution >= 4 is 40.0 Å². The number of H-pyrrole nitrogens is 1. The lowest BCUT2D eigenvalue weighted by atomic mass is 10.00. The summed E-state index contributed by atoms with van der Waals surface area (Å²) in [5.74, 6) is 0.363. The van der Waals surface area contributed by atoms with Gasteiger partial charge in [-0.15, -0.1) is 0 Å². The second kappa shape index (κ2) is 6.80. The molecule has 4 rings (SSSR count). The summed E-state index contributed by atoms with van der Waals surface area (Å²) in [4.78, 5) is 11.7. The minimum Gasteiger partial charge on any atom is -0.478 e. The number of amides is 1. The van der Waals surface area contributed by atoms with Gasteiger partial charge in [0.2, 0.25) is 5.91 Å². The number of hydrogen-bond donors (Lipinski definition) is 2. The SMILES string of the molecule is CC(=O)N[C@H]1CCn2c1c(-c1cn[nH]c1)c1c(OCC#N)cc(Cl)c(Cl)c12. The predicted molar refractivity (Wildman–Crippen MR) is 102 cm³/mol. The Morgan fingerprint density at radius 2 is 2.37 bits per heavy atom. The fourth-order valence-electron chi connectivity index (χ4n) is 3.75. The molecule has 0 saturated carbocycles. The molecule has 0 spiro atoms. The quantitative estimate of drug-likeness (QED) is 0.691. The van der Waals surface area contributed by atoms with Gasteiger partial charge in [-0.25, -0.2) is 0 Å². The molecule has 1 aliphatic rings.